The molecule has 5 nitrogen and oxygen atoms in total. The van der Waals surface area contributed by atoms with E-state index >= 15 is 0 Å². The van der Waals surface area contributed by atoms with Crippen molar-refractivity contribution in [3.63, 3.8) is 0 Å². The minimum absolute atomic E-state index is 0.00700. The van der Waals surface area contributed by atoms with Gasteiger partial charge in [-0.25, -0.2) is 0 Å². The van der Waals surface area contributed by atoms with Gasteiger partial charge < -0.3 is 9.64 Å². The van der Waals surface area contributed by atoms with Crippen LogP contribution in [-0.4, -0.2) is 46.4 Å². The number of benzene rings is 1. The summed E-state index contributed by atoms with van der Waals surface area (Å²) in [5.74, 6) is 0.00700. The summed E-state index contributed by atoms with van der Waals surface area (Å²) in [4.78, 5) is 14.9. The molecule has 0 aliphatic carbocycles. The molecule has 0 radical (unpaired) electrons. The van der Waals surface area contributed by atoms with Crippen LogP contribution in [0.3, 0.4) is 0 Å². The van der Waals surface area contributed by atoms with E-state index in [1.807, 2.05) is 42.2 Å². The molecule has 1 unspecified atom stereocenters. The predicted molar refractivity (Wildman–Crippen MR) is 98.3 cm³/mol. The molecule has 132 valence electrons. The van der Waals surface area contributed by atoms with E-state index in [2.05, 4.69) is 17.2 Å². The molecule has 1 amide bonds. The third-order valence-corrected chi connectivity index (χ3v) is 4.41. The summed E-state index contributed by atoms with van der Waals surface area (Å²) in [6.07, 6.45) is 7.98. The van der Waals surface area contributed by atoms with Gasteiger partial charge in [0.15, 0.2) is 0 Å². The zero-order valence-electron chi connectivity index (χ0n) is 14.7. The molecular weight excluding hydrogens is 314 g/mol. The van der Waals surface area contributed by atoms with Crippen LogP contribution in [0.2, 0.25) is 0 Å². The second-order valence-electron chi connectivity index (χ2n) is 6.19. The highest BCUT2D eigenvalue weighted by atomic mass is 16.5. The molecule has 1 aliphatic rings. The van der Waals surface area contributed by atoms with Crippen molar-refractivity contribution in [3.05, 3.63) is 59.9 Å². The number of nitrogens with zero attached hydrogens (tertiary/aromatic N) is 3. The van der Waals surface area contributed by atoms with E-state index in [0.29, 0.717) is 25.3 Å². The molecule has 0 spiro atoms. The lowest BCUT2D eigenvalue weighted by molar-refractivity contribution is 0.0545. The second kappa shape index (κ2) is 8.62. The summed E-state index contributed by atoms with van der Waals surface area (Å²) in [5, 5.41) is 4.22. The van der Waals surface area contributed by atoms with Gasteiger partial charge in [-0.2, -0.15) is 5.10 Å². The number of ether oxygens (including phenoxy) is 1. The first-order valence-electron chi connectivity index (χ1n) is 8.92. The van der Waals surface area contributed by atoms with Gasteiger partial charge in [-0.3, -0.25) is 9.48 Å². The summed E-state index contributed by atoms with van der Waals surface area (Å²) in [6, 6.07) is 11.9. The smallest absolute Gasteiger partial charge is 0.272 e. The van der Waals surface area contributed by atoms with Crippen LogP contribution in [0.1, 0.15) is 35.8 Å². The van der Waals surface area contributed by atoms with Crippen molar-refractivity contribution in [3.8, 4) is 0 Å². The number of carbonyl (C=O) groups excluding carboxylic acids is 1. The van der Waals surface area contributed by atoms with Crippen molar-refractivity contribution in [2.24, 2.45) is 0 Å². The number of hydrogen-bond acceptors (Lipinski definition) is 3. The van der Waals surface area contributed by atoms with E-state index in [1.54, 1.807) is 16.9 Å². The summed E-state index contributed by atoms with van der Waals surface area (Å²) < 4.78 is 7.47. The molecule has 1 aromatic carbocycles. The Morgan fingerprint density at radius 1 is 1.36 bits per heavy atom. The molecule has 3 rings (SSSR count). The summed E-state index contributed by atoms with van der Waals surface area (Å²) in [5.41, 5.74) is 1.76. The Kier molecular flexibility index (Phi) is 6.01. The largest absolute Gasteiger partial charge is 0.376 e. The van der Waals surface area contributed by atoms with E-state index in [1.165, 1.54) is 0 Å². The van der Waals surface area contributed by atoms with Crippen LogP contribution in [0.15, 0.2) is 48.7 Å². The summed E-state index contributed by atoms with van der Waals surface area (Å²) in [6.45, 7) is 4.64. The van der Waals surface area contributed by atoms with Crippen LogP contribution in [0, 0.1) is 0 Å². The standard InChI is InChI=1S/C20H25N3O2/c1-2-23-19(12-13-21-23)20(24)22(16-18-11-7-15-25-18)14-6-10-17-8-4-3-5-9-17/h3-6,8-10,12-13,18H,2,7,11,14-16H2,1H3. The first-order valence-corrected chi connectivity index (χ1v) is 8.92. The Balaban J connectivity index is 1.72. The molecule has 5 heteroatoms. The molecule has 1 fully saturated rings. The van der Waals surface area contributed by atoms with Gasteiger partial charge >= 0.3 is 0 Å². The number of amides is 1. The summed E-state index contributed by atoms with van der Waals surface area (Å²) in [7, 11) is 0. The van der Waals surface area contributed by atoms with Gasteiger partial charge in [0.05, 0.1) is 6.10 Å². The number of carbonyl (C=O) groups is 1. The number of aromatic nitrogens is 2. The second-order valence-corrected chi connectivity index (χ2v) is 6.19. The fourth-order valence-electron chi connectivity index (χ4n) is 3.08. The molecule has 1 aliphatic heterocycles. The molecule has 25 heavy (non-hydrogen) atoms. The molecular formula is C20H25N3O2. The van der Waals surface area contributed by atoms with E-state index in [-0.39, 0.29) is 12.0 Å². The van der Waals surface area contributed by atoms with Crippen molar-refractivity contribution in [1.82, 2.24) is 14.7 Å². The molecule has 1 saturated heterocycles. The Hall–Kier alpha value is -2.40. The zero-order valence-corrected chi connectivity index (χ0v) is 14.7. The van der Waals surface area contributed by atoms with Gasteiger partial charge in [0, 0.05) is 32.4 Å². The molecule has 0 N–H and O–H groups in total. The lowest BCUT2D eigenvalue weighted by Crippen LogP contribution is -2.38. The predicted octanol–water partition coefficient (Wildman–Crippen LogP) is 3.24. The van der Waals surface area contributed by atoms with Crippen molar-refractivity contribution in [2.75, 3.05) is 19.7 Å². The third-order valence-electron chi connectivity index (χ3n) is 4.41. The highest BCUT2D eigenvalue weighted by molar-refractivity contribution is 5.92. The van der Waals surface area contributed by atoms with E-state index < -0.39 is 0 Å². The molecule has 2 heterocycles. The maximum atomic E-state index is 13.0. The number of hydrogen-bond donors (Lipinski definition) is 0. The Morgan fingerprint density at radius 2 is 2.20 bits per heavy atom. The van der Waals surface area contributed by atoms with Crippen molar-refractivity contribution >= 4 is 12.0 Å². The SMILES string of the molecule is CCn1nccc1C(=O)N(CC=Cc1ccccc1)CC1CCCO1. The molecule has 2 aromatic rings. The van der Waals surface area contributed by atoms with Crippen LogP contribution < -0.4 is 0 Å². The fourth-order valence-corrected chi connectivity index (χ4v) is 3.08. The van der Waals surface area contributed by atoms with Gasteiger partial charge in [-0.05, 0) is 31.4 Å². The fraction of sp³-hybridized carbons (Fsp3) is 0.400. The Morgan fingerprint density at radius 3 is 2.92 bits per heavy atom. The lowest BCUT2D eigenvalue weighted by atomic mass is 10.2. The van der Waals surface area contributed by atoms with E-state index in [9.17, 15) is 4.79 Å². The first kappa shape index (κ1) is 17.4. The topological polar surface area (TPSA) is 47.4 Å². The van der Waals surface area contributed by atoms with Crippen molar-refractivity contribution in [2.45, 2.75) is 32.4 Å². The quantitative estimate of drug-likeness (QED) is 0.778. The number of aryl methyl sites for hydroxylation is 1. The highest BCUT2D eigenvalue weighted by Crippen LogP contribution is 2.15. The average Bonchev–Trinajstić information content (AvgIpc) is 3.32. The maximum Gasteiger partial charge on any atom is 0.272 e. The zero-order chi connectivity index (χ0) is 17.5. The van der Waals surface area contributed by atoms with E-state index in [0.717, 1.165) is 25.0 Å². The van der Waals surface area contributed by atoms with Gasteiger partial charge in [0.25, 0.3) is 5.91 Å². The molecule has 0 saturated carbocycles. The molecule has 1 aromatic heterocycles. The minimum atomic E-state index is 0.00700. The lowest BCUT2D eigenvalue weighted by Gasteiger charge is -2.24. The monoisotopic (exact) mass is 339 g/mol. The van der Waals surface area contributed by atoms with Gasteiger partial charge in [0.2, 0.25) is 0 Å². The average molecular weight is 339 g/mol. The van der Waals surface area contributed by atoms with Gasteiger partial charge in [-0.1, -0.05) is 42.5 Å². The van der Waals surface area contributed by atoms with Crippen molar-refractivity contribution < 1.29 is 9.53 Å². The molecule has 1 atom stereocenters. The van der Waals surface area contributed by atoms with Crippen molar-refractivity contribution in [1.29, 1.82) is 0 Å². The first-order chi connectivity index (χ1) is 12.3. The third kappa shape index (κ3) is 4.57. The van der Waals surface area contributed by atoms with Crippen LogP contribution in [-0.2, 0) is 11.3 Å². The van der Waals surface area contributed by atoms with Gasteiger partial charge in [0.1, 0.15) is 5.69 Å². The maximum absolute atomic E-state index is 13.0. The van der Waals surface area contributed by atoms with Crippen LogP contribution in [0.4, 0.5) is 0 Å². The normalized spacial score (nSPS) is 17.2. The van der Waals surface area contributed by atoms with Crippen LogP contribution in [0.25, 0.3) is 6.08 Å². The summed E-state index contributed by atoms with van der Waals surface area (Å²) >= 11 is 0. The highest BCUT2D eigenvalue weighted by Gasteiger charge is 2.24. The van der Waals surface area contributed by atoms with Crippen LogP contribution in [0.5, 0.6) is 0 Å². The van der Waals surface area contributed by atoms with Crippen LogP contribution >= 0.6 is 0 Å². The minimum Gasteiger partial charge on any atom is -0.376 e. The Bertz CT molecular complexity index is 703. The van der Waals surface area contributed by atoms with E-state index in [4.69, 9.17) is 4.74 Å². The van der Waals surface area contributed by atoms with Gasteiger partial charge in [-0.15, -0.1) is 0 Å². The Labute approximate surface area is 148 Å². The number of rotatable bonds is 7. The molecule has 0 bridgehead atoms.